The fourth-order valence-electron chi connectivity index (χ4n) is 2.63. The molecule has 31 heavy (non-hydrogen) atoms. The Bertz CT molecular complexity index is 1090. The van der Waals surface area contributed by atoms with Crippen LogP contribution in [0.3, 0.4) is 0 Å². The van der Waals surface area contributed by atoms with Crippen molar-refractivity contribution >= 4 is 24.0 Å². The van der Waals surface area contributed by atoms with Gasteiger partial charge in [0.05, 0.1) is 18.3 Å². The highest BCUT2D eigenvalue weighted by molar-refractivity contribution is 5.96. The first kappa shape index (κ1) is 21.4. The molecule has 2 amide bonds. The van der Waals surface area contributed by atoms with E-state index in [0.29, 0.717) is 22.4 Å². The highest BCUT2D eigenvalue weighted by atomic mass is 16.5. The molecule has 0 heterocycles. The van der Waals surface area contributed by atoms with E-state index in [0.717, 1.165) is 5.56 Å². The van der Waals surface area contributed by atoms with E-state index in [9.17, 15) is 14.4 Å². The third-order valence-electron chi connectivity index (χ3n) is 4.19. The topological polar surface area (TPSA) is 96.9 Å². The van der Waals surface area contributed by atoms with E-state index in [1.54, 1.807) is 66.7 Å². The first-order valence-corrected chi connectivity index (χ1v) is 9.55. The normalized spacial score (nSPS) is 10.5. The molecule has 0 aliphatic carbocycles. The maximum Gasteiger partial charge on any atom is 0.343 e. The molecule has 0 radical (unpaired) electrons. The molecule has 7 nitrogen and oxygen atoms in total. The lowest BCUT2D eigenvalue weighted by atomic mass is 10.1. The molecule has 0 spiro atoms. The molecule has 0 fully saturated rings. The summed E-state index contributed by atoms with van der Waals surface area (Å²) in [5.41, 5.74) is 4.96. The van der Waals surface area contributed by atoms with Gasteiger partial charge in [-0.15, -0.1) is 0 Å². The number of amides is 2. The number of nitrogens with one attached hydrogen (secondary N) is 2. The molecule has 0 unspecified atom stereocenters. The second kappa shape index (κ2) is 10.5. The fourth-order valence-corrected chi connectivity index (χ4v) is 2.63. The van der Waals surface area contributed by atoms with Gasteiger partial charge in [0.1, 0.15) is 5.75 Å². The van der Waals surface area contributed by atoms with Gasteiger partial charge < -0.3 is 10.1 Å². The Morgan fingerprint density at radius 3 is 2.32 bits per heavy atom. The lowest BCUT2D eigenvalue weighted by Gasteiger charge is -2.05. The number of rotatable bonds is 7. The van der Waals surface area contributed by atoms with Crippen LogP contribution in [-0.4, -0.2) is 30.5 Å². The number of aryl methyl sites for hydroxylation is 1. The second-order valence-corrected chi connectivity index (χ2v) is 6.67. The van der Waals surface area contributed by atoms with Crippen LogP contribution in [0.15, 0.2) is 84.0 Å². The monoisotopic (exact) mass is 415 g/mol. The zero-order chi connectivity index (χ0) is 22.1. The van der Waals surface area contributed by atoms with E-state index < -0.39 is 11.9 Å². The number of ether oxygens (including phenoxy) is 1. The molecule has 0 aliphatic rings. The van der Waals surface area contributed by atoms with Crippen molar-refractivity contribution in [1.29, 1.82) is 0 Å². The van der Waals surface area contributed by atoms with Crippen molar-refractivity contribution in [3.63, 3.8) is 0 Å². The van der Waals surface area contributed by atoms with Crippen LogP contribution in [0.2, 0.25) is 0 Å². The molecular weight excluding hydrogens is 394 g/mol. The molecule has 0 aliphatic heterocycles. The Kier molecular flexibility index (Phi) is 7.26. The number of hydrogen-bond acceptors (Lipinski definition) is 5. The van der Waals surface area contributed by atoms with Crippen molar-refractivity contribution in [3.05, 3.63) is 101 Å². The lowest BCUT2D eigenvalue weighted by Crippen LogP contribution is -2.34. The van der Waals surface area contributed by atoms with E-state index in [2.05, 4.69) is 15.8 Å². The van der Waals surface area contributed by atoms with E-state index in [1.807, 2.05) is 19.1 Å². The largest absolute Gasteiger partial charge is 0.423 e. The number of carbonyl (C=O) groups excluding carboxylic acids is 3. The number of carbonyl (C=O) groups is 3. The summed E-state index contributed by atoms with van der Waals surface area (Å²) in [6, 6.07) is 22.4. The summed E-state index contributed by atoms with van der Waals surface area (Å²) in [7, 11) is 0. The average molecular weight is 415 g/mol. The molecule has 156 valence electrons. The van der Waals surface area contributed by atoms with Gasteiger partial charge in [0.25, 0.3) is 11.8 Å². The van der Waals surface area contributed by atoms with Gasteiger partial charge in [-0.1, -0.05) is 35.9 Å². The van der Waals surface area contributed by atoms with Gasteiger partial charge in [-0.3, -0.25) is 9.59 Å². The fraction of sp³-hybridized carbons (Fsp3) is 0.0833. The molecule has 0 saturated heterocycles. The van der Waals surface area contributed by atoms with Crippen LogP contribution in [-0.2, 0) is 4.79 Å². The van der Waals surface area contributed by atoms with Crippen LogP contribution in [0.5, 0.6) is 5.75 Å². The predicted molar refractivity (Wildman–Crippen MR) is 117 cm³/mol. The summed E-state index contributed by atoms with van der Waals surface area (Å²) >= 11 is 0. The molecule has 3 rings (SSSR count). The van der Waals surface area contributed by atoms with Gasteiger partial charge in [-0.2, -0.15) is 5.10 Å². The van der Waals surface area contributed by atoms with Crippen molar-refractivity contribution in [1.82, 2.24) is 10.7 Å². The van der Waals surface area contributed by atoms with Gasteiger partial charge in [0.15, 0.2) is 0 Å². The van der Waals surface area contributed by atoms with Gasteiger partial charge >= 0.3 is 5.97 Å². The minimum Gasteiger partial charge on any atom is -0.423 e. The summed E-state index contributed by atoms with van der Waals surface area (Å²) < 4.78 is 5.30. The van der Waals surface area contributed by atoms with Crippen molar-refractivity contribution in [2.45, 2.75) is 6.92 Å². The quantitative estimate of drug-likeness (QED) is 0.268. The van der Waals surface area contributed by atoms with Gasteiger partial charge in [-0.25, -0.2) is 10.2 Å². The van der Waals surface area contributed by atoms with Crippen LogP contribution in [0.1, 0.15) is 31.8 Å². The molecule has 2 N–H and O–H groups in total. The van der Waals surface area contributed by atoms with E-state index >= 15 is 0 Å². The number of hydrazone groups is 1. The zero-order valence-electron chi connectivity index (χ0n) is 16.9. The first-order valence-electron chi connectivity index (χ1n) is 9.55. The van der Waals surface area contributed by atoms with Crippen LogP contribution >= 0.6 is 0 Å². The molecule has 3 aromatic carbocycles. The van der Waals surface area contributed by atoms with E-state index in [1.165, 1.54) is 6.21 Å². The van der Waals surface area contributed by atoms with Crippen LogP contribution < -0.4 is 15.5 Å². The molecule has 0 saturated carbocycles. The Hall–Kier alpha value is -4.26. The number of benzene rings is 3. The summed E-state index contributed by atoms with van der Waals surface area (Å²) in [4.78, 5) is 35.9. The number of hydrogen-bond donors (Lipinski definition) is 2. The summed E-state index contributed by atoms with van der Waals surface area (Å²) in [5.74, 6) is -0.829. The summed E-state index contributed by atoms with van der Waals surface area (Å²) in [6.07, 6.45) is 1.45. The highest BCUT2D eigenvalue weighted by Gasteiger charge is 2.08. The maximum absolute atomic E-state index is 12.0. The standard InChI is InChI=1S/C24H21N3O4/c1-17-6-5-9-20(14-17)23(29)25-16-22(28)27-26-15-18-10-12-21(13-11-18)31-24(30)19-7-3-2-4-8-19/h2-15H,16H2,1H3,(H,25,29)(H,27,28). The molecule has 7 heteroatoms. The SMILES string of the molecule is Cc1cccc(C(=O)NCC(=O)NN=Cc2ccc(OC(=O)c3ccccc3)cc2)c1. The van der Waals surface area contributed by atoms with Crippen molar-refractivity contribution in [3.8, 4) is 5.75 Å². The zero-order valence-corrected chi connectivity index (χ0v) is 16.9. The first-order chi connectivity index (χ1) is 15.0. The summed E-state index contributed by atoms with van der Waals surface area (Å²) in [5, 5.41) is 6.40. The lowest BCUT2D eigenvalue weighted by molar-refractivity contribution is -0.120. The van der Waals surface area contributed by atoms with Gasteiger partial charge in [0.2, 0.25) is 0 Å². The predicted octanol–water partition coefficient (Wildman–Crippen LogP) is 3.09. The van der Waals surface area contributed by atoms with Crippen LogP contribution in [0.25, 0.3) is 0 Å². The Labute approximate surface area is 179 Å². The van der Waals surface area contributed by atoms with Crippen LogP contribution in [0, 0.1) is 6.92 Å². The van der Waals surface area contributed by atoms with Gasteiger partial charge in [0, 0.05) is 5.56 Å². The van der Waals surface area contributed by atoms with Crippen molar-refractivity contribution in [2.75, 3.05) is 6.54 Å². The van der Waals surface area contributed by atoms with Crippen molar-refractivity contribution < 1.29 is 19.1 Å². The molecular formula is C24H21N3O4. The second-order valence-electron chi connectivity index (χ2n) is 6.67. The van der Waals surface area contributed by atoms with E-state index in [-0.39, 0.29) is 12.5 Å². The Morgan fingerprint density at radius 2 is 1.61 bits per heavy atom. The third-order valence-corrected chi connectivity index (χ3v) is 4.19. The maximum atomic E-state index is 12.0. The molecule has 0 bridgehead atoms. The number of esters is 1. The highest BCUT2D eigenvalue weighted by Crippen LogP contribution is 2.13. The van der Waals surface area contributed by atoms with Crippen molar-refractivity contribution in [2.24, 2.45) is 5.10 Å². The molecule has 0 aromatic heterocycles. The Morgan fingerprint density at radius 1 is 0.903 bits per heavy atom. The van der Waals surface area contributed by atoms with Gasteiger partial charge in [-0.05, 0) is 61.0 Å². The summed E-state index contributed by atoms with van der Waals surface area (Å²) in [6.45, 7) is 1.69. The Balaban J connectivity index is 1.44. The molecule has 0 atom stereocenters. The van der Waals surface area contributed by atoms with E-state index in [4.69, 9.17) is 4.74 Å². The average Bonchev–Trinajstić information content (AvgIpc) is 2.79. The minimum absolute atomic E-state index is 0.196. The van der Waals surface area contributed by atoms with Crippen LogP contribution in [0.4, 0.5) is 0 Å². The third kappa shape index (κ3) is 6.64. The smallest absolute Gasteiger partial charge is 0.343 e. The number of nitrogens with zero attached hydrogens (tertiary/aromatic N) is 1. The molecule has 3 aromatic rings. The minimum atomic E-state index is -0.453.